The van der Waals surface area contributed by atoms with Crippen LogP contribution in [0.4, 0.5) is 4.79 Å². The van der Waals surface area contributed by atoms with E-state index in [1.54, 1.807) is 46.2 Å². The highest BCUT2D eigenvalue weighted by Gasteiger charge is 2.47. The Morgan fingerprint density at radius 2 is 1.02 bits per heavy atom. The Morgan fingerprint density at radius 3 is 1.60 bits per heavy atom. The van der Waals surface area contributed by atoms with Crippen molar-refractivity contribution in [3.05, 3.63) is 0 Å². The van der Waals surface area contributed by atoms with Gasteiger partial charge in [-0.05, 0) is 156 Å². The first-order valence-corrected chi connectivity index (χ1v) is 48.7. The molecule has 40 nitrogen and oxygen atoms in total. The molecule has 0 spiro atoms. The van der Waals surface area contributed by atoms with Crippen LogP contribution in [0.1, 0.15) is 226 Å². The van der Waals surface area contributed by atoms with Crippen LogP contribution in [0.2, 0.25) is 0 Å². The standard InChI is InChI=1S/C89H156N22O18S2/c1-24-61-83(123)104(17)49-72(116)105(18)63(45-52(2)3)80(120)99-73(56(10)11)86(126)106(19)64(46-53(4)5)79(119)95-59(15)78(118)96-60(16)82(122)107(20)65(47-54(6)7)84(124)108(21)66(48-55(8)9)85(125)109(22)75(57(12)13)87(127)110(23)76(81(121)97-61)77(117)58(14)36-42-94-129-50-71(115)93-41-32-35-69(113)91-39-29-30-40-92-70(114)37-44-130-89-101-102-103-111(89)43-31-25-28-38-90-68(112)34-27-26-33-67-74-62(51-131-67)98-88(128)100-74/h42,52-67,73-77,117H,24-41,43-51H2,1-23H3,(H,90,112)(H,91,113)(H,92,114)(H,93,115)(H,95,119)(H,96,118)(H,97,121)(H,99,120)(H2,98,100,128)/b94-42-/t58-,59+,60-,61+,62+,63+,64+,65+,66+,67+,73+,74+,75+,76+,77-/m1/s1. The number of unbranched alkanes of at least 4 members (excludes halogenated alkanes) is 4. The van der Waals surface area contributed by atoms with Gasteiger partial charge in [-0.15, -0.1) is 5.10 Å². The van der Waals surface area contributed by atoms with E-state index in [0.29, 0.717) is 68.0 Å². The van der Waals surface area contributed by atoms with Crippen LogP contribution < -0.4 is 53.2 Å². The smallest absolute Gasteiger partial charge is 0.315 e. The maximum atomic E-state index is 15.5. The number of aliphatic hydroxyl groups is 1. The predicted octanol–water partition coefficient (Wildman–Crippen LogP) is 2.79. The number of rotatable bonds is 42. The summed E-state index contributed by atoms with van der Waals surface area (Å²) in [5, 5.41) is 57.8. The SMILES string of the molecule is CC[C@@H]1NC(=O)[C@H]([C@H](O)[C@H](C)C/C=N\OCC(=O)NCCCC(=O)NCCCCNC(=O)CCSc2nnnn2CCCCCNC(=O)CCCC[C@@H]2SC[C@@H]3NC(=O)N[C@@H]32)N(C)C(=O)[C@H](C(C)C)N(C)C(=O)[C@H](CC(C)C)N(C)C(=O)[C@H](CC(C)C)N(C)C(=O)[C@@H](C)NC(=O)[C@H](C)NC(=O)[C@H](CC(C)C)N(C)C(=O)[C@H](C(C)C)NC(=O)[C@H](CC(C)C)N(C)C(=O)CN(C)C1=O. The minimum atomic E-state index is -1.82. The normalized spacial score (nSPS) is 24.0. The van der Waals surface area contributed by atoms with E-state index in [1.807, 2.05) is 67.2 Å². The first-order valence-electron chi connectivity index (χ1n) is 46.7. The third-order valence-corrected chi connectivity index (χ3v) is 26.3. The van der Waals surface area contributed by atoms with Crippen molar-refractivity contribution in [3.63, 3.8) is 0 Å². The molecule has 17 amide bonds. The zero-order chi connectivity index (χ0) is 98.4. The number of aliphatic hydroxyl groups excluding tert-OH is 1. The van der Waals surface area contributed by atoms with Gasteiger partial charge < -0.3 is 97.4 Å². The summed E-state index contributed by atoms with van der Waals surface area (Å²) in [5.74, 6) is -10.6. The van der Waals surface area contributed by atoms with E-state index in [2.05, 4.69) is 73.8 Å². The average Bonchev–Trinajstić information content (AvgIpc) is 1.08. The van der Waals surface area contributed by atoms with Gasteiger partial charge in [0.2, 0.25) is 87.9 Å². The van der Waals surface area contributed by atoms with Crippen LogP contribution >= 0.6 is 23.5 Å². The number of aromatic nitrogens is 4. The number of tetrazole rings is 1. The van der Waals surface area contributed by atoms with Gasteiger partial charge in [0.1, 0.15) is 60.4 Å². The van der Waals surface area contributed by atoms with Crippen molar-refractivity contribution in [2.45, 2.75) is 322 Å². The maximum absolute atomic E-state index is 15.5. The molecule has 3 aliphatic heterocycles. The molecule has 4 rings (SSSR count). The number of hydrogen-bond acceptors (Lipinski definition) is 24. The van der Waals surface area contributed by atoms with Gasteiger partial charge in [-0.25, -0.2) is 9.48 Å². The second-order valence-electron chi connectivity index (χ2n) is 37.5. The summed E-state index contributed by atoms with van der Waals surface area (Å²) in [6, 6.07) is -12.9. The first-order chi connectivity index (χ1) is 61.6. The lowest BCUT2D eigenvalue weighted by Crippen LogP contribution is -2.63. The van der Waals surface area contributed by atoms with E-state index in [0.717, 1.165) is 54.1 Å². The van der Waals surface area contributed by atoms with E-state index in [9.17, 15) is 62.6 Å². The van der Waals surface area contributed by atoms with Gasteiger partial charge in [0.15, 0.2) is 6.61 Å². The van der Waals surface area contributed by atoms with Gasteiger partial charge in [0, 0.05) is 124 Å². The first kappa shape index (κ1) is 114. The van der Waals surface area contributed by atoms with Crippen molar-refractivity contribution in [2.75, 3.05) is 100 Å². The summed E-state index contributed by atoms with van der Waals surface area (Å²) < 4.78 is 1.72. The number of nitrogens with zero attached hydrogens (tertiary/aromatic N) is 12. The molecule has 3 aliphatic rings. The average molecular weight is 1890 g/mol. The molecule has 11 N–H and O–H groups in total. The van der Waals surface area contributed by atoms with Crippen molar-refractivity contribution in [1.82, 2.24) is 108 Å². The highest BCUT2D eigenvalue weighted by atomic mass is 32.2. The maximum Gasteiger partial charge on any atom is 0.315 e. The highest BCUT2D eigenvalue weighted by Crippen LogP contribution is 2.34. The number of amides is 17. The molecule has 1 aromatic rings. The van der Waals surface area contributed by atoms with Crippen molar-refractivity contribution >= 4 is 124 Å². The fourth-order valence-corrected chi connectivity index (χ4v) is 18.3. The Balaban J connectivity index is 1.42. The van der Waals surface area contributed by atoms with Crippen LogP contribution in [0.15, 0.2) is 10.3 Å². The van der Waals surface area contributed by atoms with Crippen molar-refractivity contribution < 1.29 is 86.7 Å². The molecule has 0 unspecified atom stereocenters. The van der Waals surface area contributed by atoms with Crippen LogP contribution in [0, 0.1) is 41.4 Å². The Hall–Kier alpha value is -9.48. The van der Waals surface area contributed by atoms with Crippen molar-refractivity contribution in [2.24, 2.45) is 46.6 Å². The monoisotopic (exact) mass is 1890 g/mol. The van der Waals surface area contributed by atoms with Gasteiger partial charge in [-0.3, -0.25) is 71.9 Å². The van der Waals surface area contributed by atoms with Crippen LogP contribution in [0.5, 0.6) is 0 Å². The number of hydrogen-bond donors (Lipinski definition) is 11. The van der Waals surface area contributed by atoms with Gasteiger partial charge in [-0.1, -0.05) is 120 Å². The van der Waals surface area contributed by atoms with E-state index >= 15 is 19.2 Å². The number of fused-ring (bicyclic) bond motifs is 1. The molecule has 3 saturated heterocycles. The molecule has 0 aromatic carbocycles. The molecule has 15 atom stereocenters. The molecular weight excluding hydrogens is 1730 g/mol. The molecule has 0 saturated carbocycles. The van der Waals surface area contributed by atoms with E-state index < -0.39 is 168 Å². The summed E-state index contributed by atoms with van der Waals surface area (Å²) in [7, 11) is 9.62. The Morgan fingerprint density at radius 1 is 0.519 bits per heavy atom. The quantitative estimate of drug-likeness (QED) is 0.0147. The van der Waals surface area contributed by atoms with Gasteiger partial charge in [-0.2, -0.15) is 11.8 Å². The summed E-state index contributed by atoms with van der Waals surface area (Å²) in [4.78, 5) is 238. The van der Waals surface area contributed by atoms with Crippen molar-refractivity contribution in [1.29, 1.82) is 0 Å². The molecule has 42 heteroatoms. The number of likely N-dealkylation sites (N-methyl/N-ethyl adjacent to an activating group) is 7. The minimum Gasteiger partial charge on any atom is -0.390 e. The number of thioether (sulfide) groups is 2. The molecule has 0 bridgehead atoms. The Kier molecular flexibility index (Phi) is 49.7. The molecule has 0 aliphatic carbocycles. The lowest BCUT2D eigenvalue weighted by Gasteiger charge is -2.41. The number of carbonyl (C=O) groups excluding carboxylic acids is 16. The summed E-state index contributed by atoms with van der Waals surface area (Å²) in [6.45, 7) is 28.4. The summed E-state index contributed by atoms with van der Waals surface area (Å²) >= 11 is 3.27. The zero-order valence-corrected chi connectivity index (χ0v) is 83.5. The zero-order valence-electron chi connectivity index (χ0n) is 81.9. The van der Waals surface area contributed by atoms with E-state index in [-0.39, 0.29) is 117 Å². The van der Waals surface area contributed by atoms with Crippen LogP contribution in [0.3, 0.4) is 0 Å². The number of urea groups is 1. The Bertz CT molecular complexity index is 3950. The van der Waals surface area contributed by atoms with Gasteiger partial charge in [0.05, 0.1) is 24.7 Å². The largest absolute Gasteiger partial charge is 0.390 e. The lowest BCUT2D eigenvalue weighted by atomic mass is 9.91. The number of nitrogens with one attached hydrogen (secondary N) is 10. The highest BCUT2D eigenvalue weighted by molar-refractivity contribution is 8.00. The second kappa shape index (κ2) is 57.2. The van der Waals surface area contributed by atoms with E-state index in [4.69, 9.17) is 4.84 Å². The fraction of sp³-hybridized carbons (Fsp3) is 0.798. The van der Waals surface area contributed by atoms with E-state index in [1.165, 1.54) is 106 Å². The Labute approximate surface area is 783 Å². The molecule has 1 aromatic heterocycles. The molecule has 4 heterocycles. The number of oxime groups is 1. The number of carbonyl (C=O) groups is 16. The molecule has 0 radical (unpaired) electrons. The minimum absolute atomic E-state index is 0.0450. The van der Waals surface area contributed by atoms with Crippen LogP contribution in [-0.4, -0.2) is 344 Å². The van der Waals surface area contributed by atoms with Crippen molar-refractivity contribution in [3.8, 4) is 0 Å². The molecule has 131 heavy (non-hydrogen) atoms. The van der Waals surface area contributed by atoms with Crippen LogP contribution in [0.25, 0.3) is 0 Å². The summed E-state index contributed by atoms with van der Waals surface area (Å²) in [5.41, 5.74) is 0. The van der Waals surface area contributed by atoms with Gasteiger partial charge >= 0.3 is 6.03 Å². The molecule has 742 valence electrons. The van der Waals surface area contributed by atoms with Gasteiger partial charge in [0.25, 0.3) is 5.91 Å². The predicted molar refractivity (Wildman–Crippen MR) is 500 cm³/mol. The van der Waals surface area contributed by atoms with Crippen LogP contribution in [-0.2, 0) is 83.3 Å². The third-order valence-electron chi connectivity index (χ3n) is 23.8. The number of aryl methyl sites for hydroxylation is 1. The third kappa shape index (κ3) is 37.1. The fourth-order valence-electron chi connectivity index (χ4n) is 15.9. The lowest BCUT2D eigenvalue weighted by molar-refractivity contribution is -0.157. The topological polar surface area (TPSA) is 502 Å². The molecule has 3 fully saturated rings. The molecular formula is C89H156N22O18S2. The summed E-state index contributed by atoms with van der Waals surface area (Å²) in [6.07, 6.45) is 7.31. The second-order valence-corrected chi connectivity index (χ2v) is 39.8.